The maximum Gasteiger partial charge on any atom is 0.240 e. The molecule has 2 rings (SSSR count). The van der Waals surface area contributed by atoms with Gasteiger partial charge in [0.1, 0.15) is 0 Å². The predicted octanol–water partition coefficient (Wildman–Crippen LogP) is 3.17. The van der Waals surface area contributed by atoms with E-state index in [1.54, 1.807) is 30.3 Å². The van der Waals surface area contributed by atoms with E-state index >= 15 is 0 Å². The highest BCUT2D eigenvalue weighted by molar-refractivity contribution is 7.89. The second kappa shape index (κ2) is 6.39. The molecule has 0 saturated heterocycles. The van der Waals surface area contributed by atoms with Gasteiger partial charge in [0.15, 0.2) is 0 Å². The van der Waals surface area contributed by atoms with Crippen LogP contribution in [0, 0.1) is 6.92 Å². The number of halogens is 1. The minimum absolute atomic E-state index is 0.280. The van der Waals surface area contributed by atoms with E-state index in [1.807, 2.05) is 25.1 Å². The molecule has 0 amide bonds. The van der Waals surface area contributed by atoms with Crippen LogP contribution in [0.3, 0.4) is 0 Å². The molecule has 0 aliphatic heterocycles. The summed E-state index contributed by atoms with van der Waals surface area (Å²) < 4.78 is 26.7. The van der Waals surface area contributed by atoms with E-state index < -0.39 is 10.0 Å². The number of nitrogens with one attached hydrogen (secondary N) is 1. The van der Waals surface area contributed by atoms with Crippen LogP contribution in [-0.4, -0.2) is 15.0 Å². The van der Waals surface area contributed by atoms with E-state index in [4.69, 9.17) is 11.6 Å². The Morgan fingerprint density at radius 1 is 1.05 bits per heavy atom. The first kappa shape index (κ1) is 15.0. The monoisotopic (exact) mass is 309 g/mol. The number of sulfonamides is 1. The fraction of sp³-hybridized carbons (Fsp3) is 0.200. The van der Waals surface area contributed by atoms with Gasteiger partial charge < -0.3 is 0 Å². The highest BCUT2D eigenvalue weighted by atomic mass is 35.5. The van der Waals surface area contributed by atoms with Gasteiger partial charge in [-0.3, -0.25) is 0 Å². The molecule has 5 heteroatoms. The van der Waals surface area contributed by atoms with Crippen LogP contribution in [0.15, 0.2) is 53.4 Å². The molecule has 0 saturated carbocycles. The molecule has 0 spiro atoms. The smallest absolute Gasteiger partial charge is 0.211 e. The number of hydrogen-bond acceptors (Lipinski definition) is 2. The second-order valence-corrected chi connectivity index (χ2v) is 6.73. The molecule has 2 aromatic carbocycles. The van der Waals surface area contributed by atoms with Gasteiger partial charge in [-0.15, -0.1) is 0 Å². The van der Waals surface area contributed by atoms with Crippen LogP contribution in [0.2, 0.25) is 5.02 Å². The number of rotatable bonds is 5. The van der Waals surface area contributed by atoms with Crippen molar-refractivity contribution in [3.63, 3.8) is 0 Å². The van der Waals surface area contributed by atoms with Gasteiger partial charge in [0, 0.05) is 11.6 Å². The molecule has 0 atom stereocenters. The average Bonchev–Trinajstić information content (AvgIpc) is 2.41. The standard InChI is InChI=1S/C15H16ClNO2S/c1-12-6-8-14(9-7-12)20(18,19)17-11-10-13-4-2-3-5-15(13)16/h2-9,17H,10-11H2,1H3. The molecule has 0 aliphatic carbocycles. The summed E-state index contributed by atoms with van der Waals surface area (Å²) in [6.45, 7) is 2.24. The van der Waals surface area contributed by atoms with Crippen molar-refractivity contribution in [2.75, 3.05) is 6.54 Å². The van der Waals surface area contributed by atoms with E-state index in [0.717, 1.165) is 11.1 Å². The summed E-state index contributed by atoms with van der Waals surface area (Å²) in [7, 11) is -3.45. The van der Waals surface area contributed by atoms with Crippen LogP contribution in [0.1, 0.15) is 11.1 Å². The Morgan fingerprint density at radius 3 is 2.35 bits per heavy atom. The van der Waals surface area contributed by atoms with Crippen LogP contribution < -0.4 is 4.72 Å². The zero-order chi connectivity index (χ0) is 14.6. The molecule has 20 heavy (non-hydrogen) atoms. The molecule has 0 bridgehead atoms. The number of aryl methyl sites for hydroxylation is 1. The largest absolute Gasteiger partial charge is 0.240 e. The van der Waals surface area contributed by atoms with Crippen LogP contribution in [0.4, 0.5) is 0 Å². The first-order valence-corrected chi connectivity index (χ1v) is 8.15. The van der Waals surface area contributed by atoms with E-state index in [9.17, 15) is 8.42 Å². The Kier molecular flexibility index (Phi) is 4.81. The normalized spacial score (nSPS) is 11.5. The molecular weight excluding hydrogens is 294 g/mol. The van der Waals surface area contributed by atoms with Crippen molar-refractivity contribution in [1.82, 2.24) is 4.72 Å². The first-order valence-electron chi connectivity index (χ1n) is 6.29. The van der Waals surface area contributed by atoms with Gasteiger partial charge in [-0.25, -0.2) is 13.1 Å². The van der Waals surface area contributed by atoms with Crippen LogP contribution in [0.5, 0.6) is 0 Å². The molecule has 1 N–H and O–H groups in total. The van der Waals surface area contributed by atoms with Crippen molar-refractivity contribution in [3.05, 3.63) is 64.7 Å². The van der Waals surface area contributed by atoms with Crippen molar-refractivity contribution in [2.45, 2.75) is 18.2 Å². The third-order valence-corrected chi connectivity index (χ3v) is 4.82. The molecule has 0 unspecified atom stereocenters. The second-order valence-electron chi connectivity index (χ2n) is 4.55. The van der Waals surface area contributed by atoms with Crippen LogP contribution >= 0.6 is 11.6 Å². The fourth-order valence-electron chi connectivity index (χ4n) is 1.82. The molecule has 0 aliphatic rings. The Labute approximate surface area is 124 Å². The zero-order valence-corrected chi connectivity index (χ0v) is 12.7. The molecule has 0 fully saturated rings. The SMILES string of the molecule is Cc1ccc(S(=O)(=O)NCCc2ccccc2Cl)cc1. The van der Waals surface area contributed by atoms with Crippen molar-refractivity contribution in [1.29, 1.82) is 0 Å². The lowest BCUT2D eigenvalue weighted by Gasteiger charge is -2.08. The quantitative estimate of drug-likeness (QED) is 0.922. The van der Waals surface area contributed by atoms with Gasteiger partial charge in [0.05, 0.1) is 4.90 Å². The minimum Gasteiger partial charge on any atom is -0.211 e. The van der Waals surface area contributed by atoms with Crippen LogP contribution in [-0.2, 0) is 16.4 Å². The third kappa shape index (κ3) is 3.82. The third-order valence-electron chi connectivity index (χ3n) is 2.98. The van der Waals surface area contributed by atoms with E-state index in [2.05, 4.69) is 4.72 Å². The van der Waals surface area contributed by atoms with Gasteiger partial charge in [-0.05, 0) is 37.1 Å². The molecule has 3 nitrogen and oxygen atoms in total. The molecule has 0 aromatic heterocycles. The summed E-state index contributed by atoms with van der Waals surface area (Å²) in [6, 6.07) is 14.2. The summed E-state index contributed by atoms with van der Waals surface area (Å²) in [6.07, 6.45) is 0.560. The van der Waals surface area contributed by atoms with E-state index in [-0.39, 0.29) is 4.90 Å². The predicted molar refractivity (Wildman–Crippen MR) is 81.5 cm³/mol. The maximum absolute atomic E-state index is 12.1. The molecule has 2 aromatic rings. The summed E-state index contributed by atoms with van der Waals surface area (Å²) in [4.78, 5) is 0.280. The van der Waals surface area contributed by atoms with Gasteiger partial charge in [-0.2, -0.15) is 0 Å². The molecule has 0 radical (unpaired) electrons. The van der Waals surface area contributed by atoms with Gasteiger partial charge >= 0.3 is 0 Å². The van der Waals surface area contributed by atoms with E-state index in [1.165, 1.54) is 0 Å². The maximum atomic E-state index is 12.1. The lowest BCUT2D eigenvalue weighted by molar-refractivity contribution is 0.581. The highest BCUT2D eigenvalue weighted by Crippen LogP contribution is 2.15. The number of benzene rings is 2. The highest BCUT2D eigenvalue weighted by Gasteiger charge is 2.12. The minimum atomic E-state index is -3.45. The Morgan fingerprint density at radius 2 is 1.70 bits per heavy atom. The van der Waals surface area contributed by atoms with Crippen LogP contribution in [0.25, 0.3) is 0 Å². The summed E-state index contributed by atoms with van der Waals surface area (Å²) in [5.41, 5.74) is 1.96. The van der Waals surface area contributed by atoms with Crippen molar-refractivity contribution < 1.29 is 8.42 Å². The lowest BCUT2D eigenvalue weighted by atomic mass is 10.1. The van der Waals surface area contributed by atoms with E-state index in [0.29, 0.717) is 18.0 Å². The summed E-state index contributed by atoms with van der Waals surface area (Å²) in [5, 5.41) is 0.655. The molecular formula is C15H16ClNO2S. The van der Waals surface area contributed by atoms with Crippen molar-refractivity contribution in [3.8, 4) is 0 Å². The summed E-state index contributed by atoms with van der Waals surface area (Å²) in [5.74, 6) is 0. The Balaban J connectivity index is 2.00. The lowest BCUT2D eigenvalue weighted by Crippen LogP contribution is -2.26. The molecule has 0 heterocycles. The van der Waals surface area contributed by atoms with Crippen molar-refractivity contribution in [2.24, 2.45) is 0 Å². The van der Waals surface area contributed by atoms with Gasteiger partial charge in [0.25, 0.3) is 0 Å². The fourth-order valence-corrected chi connectivity index (χ4v) is 3.08. The number of hydrogen-bond donors (Lipinski definition) is 1. The van der Waals surface area contributed by atoms with Crippen molar-refractivity contribution >= 4 is 21.6 Å². The first-order chi connectivity index (χ1) is 9.49. The summed E-state index contributed by atoms with van der Waals surface area (Å²) >= 11 is 6.03. The Bertz CT molecular complexity index is 681. The van der Waals surface area contributed by atoms with Gasteiger partial charge in [-0.1, -0.05) is 47.5 Å². The molecule has 106 valence electrons. The average molecular weight is 310 g/mol. The topological polar surface area (TPSA) is 46.2 Å². The zero-order valence-electron chi connectivity index (χ0n) is 11.1. The van der Waals surface area contributed by atoms with Gasteiger partial charge in [0.2, 0.25) is 10.0 Å². The Hall–Kier alpha value is -1.36.